The number of nitrogens with two attached hydrogens (primary N) is 1. The van der Waals surface area contributed by atoms with Gasteiger partial charge in [-0.3, -0.25) is 4.79 Å². The van der Waals surface area contributed by atoms with E-state index in [-0.39, 0.29) is 17.9 Å². The van der Waals surface area contributed by atoms with Crippen LogP contribution >= 0.6 is 0 Å². The fourth-order valence-corrected chi connectivity index (χ4v) is 2.99. The van der Waals surface area contributed by atoms with Crippen LogP contribution in [0.25, 0.3) is 0 Å². The molecule has 1 amide bonds. The molecule has 1 saturated heterocycles. The van der Waals surface area contributed by atoms with Crippen molar-refractivity contribution in [2.75, 3.05) is 19.7 Å². The summed E-state index contributed by atoms with van der Waals surface area (Å²) in [5.41, 5.74) is 5.75. The molecule has 1 heterocycles. The van der Waals surface area contributed by atoms with Gasteiger partial charge in [0.2, 0.25) is 5.91 Å². The summed E-state index contributed by atoms with van der Waals surface area (Å²) in [7, 11) is 0. The highest BCUT2D eigenvalue weighted by atomic mass is 16.5. The fraction of sp³-hybridized carbons (Fsp3) is 0.923. The number of amides is 1. The van der Waals surface area contributed by atoms with Crippen molar-refractivity contribution in [1.82, 2.24) is 5.32 Å². The molecule has 3 N–H and O–H groups in total. The summed E-state index contributed by atoms with van der Waals surface area (Å²) in [5, 5.41) is 3.04. The number of nitrogens with one attached hydrogen (secondary N) is 1. The van der Waals surface area contributed by atoms with Crippen molar-refractivity contribution in [2.45, 2.75) is 44.6 Å². The van der Waals surface area contributed by atoms with Crippen LogP contribution in [0.5, 0.6) is 0 Å². The molecule has 0 aromatic carbocycles. The minimum atomic E-state index is 0.134. The molecule has 0 radical (unpaired) electrons. The predicted octanol–water partition coefficient (Wildman–Crippen LogP) is 1.05. The van der Waals surface area contributed by atoms with E-state index in [0.717, 1.165) is 38.7 Å². The monoisotopic (exact) mass is 240 g/mol. The quantitative estimate of drug-likeness (QED) is 0.772. The third kappa shape index (κ3) is 3.42. The Morgan fingerprint density at radius 2 is 2.06 bits per heavy atom. The molecule has 1 aliphatic carbocycles. The number of rotatable bonds is 4. The molecule has 0 spiro atoms. The molecule has 17 heavy (non-hydrogen) atoms. The Hall–Kier alpha value is -0.610. The van der Waals surface area contributed by atoms with E-state index in [1.807, 2.05) is 0 Å². The number of hydrogen-bond donors (Lipinski definition) is 2. The maximum Gasteiger partial charge on any atom is 0.223 e. The molecule has 3 atom stereocenters. The molecular formula is C13H24N2O2. The van der Waals surface area contributed by atoms with Gasteiger partial charge in [0.1, 0.15) is 0 Å². The largest absolute Gasteiger partial charge is 0.376 e. The lowest BCUT2D eigenvalue weighted by atomic mass is 9.79. The molecule has 4 heteroatoms. The zero-order valence-electron chi connectivity index (χ0n) is 10.5. The molecule has 4 nitrogen and oxygen atoms in total. The van der Waals surface area contributed by atoms with E-state index < -0.39 is 0 Å². The lowest BCUT2D eigenvalue weighted by Crippen LogP contribution is -2.41. The van der Waals surface area contributed by atoms with Gasteiger partial charge in [0.15, 0.2) is 0 Å². The van der Waals surface area contributed by atoms with E-state index in [1.54, 1.807) is 0 Å². The number of carbonyl (C=O) groups excluding carboxylic acids is 1. The van der Waals surface area contributed by atoms with Crippen molar-refractivity contribution in [1.29, 1.82) is 0 Å². The van der Waals surface area contributed by atoms with E-state index in [9.17, 15) is 4.79 Å². The summed E-state index contributed by atoms with van der Waals surface area (Å²) in [4.78, 5) is 12.1. The van der Waals surface area contributed by atoms with Crippen LogP contribution in [0.1, 0.15) is 38.5 Å². The third-order valence-corrected chi connectivity index (χ3v) is 4.08. The van der Waals surface area contributed by atoms with E-state index in [4.69, 9.17) is 10.5 Å². The van der Waals surface area contributed by atoms with Gasteiger partial charge in [0.25, 0.3) is 0 Å². The first-order valence-corrected chi connectivity index (χ1v) is 6.90. The Kier molecular flexibility index (Phi) is 4.80. The molecule has 2 aliphatic rings. The smallest absolute Gasteiger partial charge is 0.223 e. The van der Waals surface area contributed by atoms with Gasteiger partial charge in [-0.15, -0.1) is 0 Å². The first-order chi connectivity index (χ1) is 8.31. The molecular weight excluding hydrogens is 216 g/mol. The summed E-state index contributed by atoms with van der Waals surface area (Å²) < 4.78 is 5.50. The van der Waals surface area contributed by atoms with Crippen LogP contribution in [0.3, 0.4) is 0 Å². The van der Waals surface area contributed by atoms with Crippen LogP contribution in [0.15, 0.2) is 0 Å². The van der Waals surface area contributed by atoms with Gasteiger partial charge in [-0.25, -0.2) is 0 Å². The second-order valence-electron chi connectivity index (χ2n) is 5.27. The maximum absolute atomic E-state index is 12.1. The highest BCUT2D eigenvalue weighted by Crippen LogP contribution is 2.29. The van der Waals surface area contributed by atoms with Crippen molar-refractivity contribution in [3.05, 3.63) is 0 Å². The molecule has 98 valence electrons. The van der Waals surface area contributed by atoms with Crippen molar-refractivity contribution in [2.24, 2.45) is 17.6 Å². The van der Waals surface area contributed by atoms with Crippen molar-refractivity contribution in [3.8, 4) is 0 Å². The van der Waals surface area contributed by atoms with Gasteiger partial charge < -0.3 is 15.8 Å². The zero-order valence-corrected chi connectivity index (χ0v) is 10.5. The number of carbonyl (C=O) groups is 1. The molecule has 3 unspecified atom stereocenters. The second-order valence-corrected chi connectivity index (χ2v) is 5.27. The summed E-state index contributed by atoms with van der Waals surface area (Å²) >= 11 is 0. The maximum atomic E-state index is 12.1. The average molecular weight is 240 g/mol. The van der Waals surface area contributed by atoms with Crippen molar-refractivity contribution < 1.29 is 9.53 Å². The van der Waals surface area contributed by atoms with Crippen LogP contribution in [-0.2, 0) is 9.53 Å². The topological polar surface area (TPSA) is 64.4 Å². The molecule has 0 aromatic rings. The molecule has 1 aliphatic heterocycles. The lowest BCUT2D eigenvalue weighted by molar-refractivity contribution is -0.128. The molecule has 2 fully saturated rings. The average Bonchev–Trinajstić information content (AvgIpc) is 2.89. The number of ether oxygens (including phenoxy) is 1. The van der Waals surface area contributed by atoms with Gasteiger partial charge in [0, 0.05) is 19.1 Å². The second kappa shape index (κ2) is 6.36. The Balaban J connectivity index is 1.76. The summed E-state index contributed by atoms with van der Waals surface area (Å²) in [6.45, 7) is 2.15. The van der Waals surface area contributed by atoms with E-state index >= 15 is 0 Å². The van der Waals surface area contributed by atoms with Gasteiger partial charge in [-0.1, -0.05) is 12.8 Å². The van der Waals surface area contributed by atoms with Crippen LogP contribution in [0.4, 0.5) is 0 Å². The van der Waals surface area contributed by atoms with Gasteiger partial charge in [-0.2, -0.15) is 0 Å². The first kappa shape index (κ1) is 12.8. The lowest BCUT2D eigenvalue weighted by Gasteiger charge is -2.29. The highest BCUT2D eigenvalue weighted by Gasteiger charge is 2.30. The first-order valence-electron chi connectivity index (χ1n) is 6.90. The van der Waals surface area contributed by atoms with Gasteiger partial charge in [0.05, 0.1) is 6.10 Å². The Morgan fingerprint density at radius 3 is 2.76 bits per heavy atom. The van der Waals surface area contributed by atoms with E-state index in [2.05, 4.69) is 5.32 Å². The van der Waals surface area contributed by atoms with Crippen molar-refractivity contribution in [3.63, 3.8) is 0 Å². The van der Waals surface area contributed by atoms with Crippen LogP contribution in [0.2, 0.25) is 0 Å². The van der Waals surface area contributed by atoms with Crippen LogP contribution in [0, 0.1) is 11.8 Å². The van der Waals surface area contributed by atoms with Gasteiger partial charge >= 0.3 is 0 Å². The minimum Gasteiger partial charge on any atom is -0.376 e. The Labute approximate surface area is 103 Å². The van der Waals surface area contributed by atoms with Crippen molar-refractivity contribution >= 4 is 5.91 Å². The highest BCUT2D eigenvalue weighted by molar-refractivity contribution is 5.79. The predicted molar refractivity (Wildman–Crippen MR) is 66.5 cm³/mol. The molecule has 1 saturated carbocycles. The van der Waals surface area contributed by atoms with Gasteiger partial charge in [-0.05, 0) is 38.1 Å². The standard InChI is InChI=1S/C13H24N2O2/c14-8-10-4-1-2-6-12(10)13(16)15-9-11-5-3-7-17-11/h10-12H,1-9,14H2,(H,15,16). The van der Waals surface area contributed by atoms with Crippen LogP contribution in [-0.4, -0.2) is 31.7 Å². The summed E-state index contributed by atoms with van der Waals surface area (Å²) in [6.07, 6.45) is 6.92. The summed E-state index contributed by atoms with van der Waals surface area (Å²) in [6, 6.07) is 0. The molecule has 0 aromatic heterocycles. The summed E-state index contributed by atoms with van der Waals surface area (Å²) in [5.74, 6) is 0.707. The Morgan fingerprint density at radius 1 is 1.24 bits per heavy atom. The van der Waals surface area contributed by atoms with E-state index in [0.29, 0.717) is 19.0 Å². The number of hydrogen-bond acceptors (Lipinski definition) is 3. The van der Waals surface area contributed by atoms with E-state index in [1.165, 1.54) is 6.42 Å². The molecule has 2 rings (SSSR count). The fourth-order valence-electron chi connectivity index (χ4n) is 2.99. The van der Waals surface area contributed by atoms with Crippen LogP contribution < -0.4 is 11.1 Å². The normalized spacial score (nSPS) is 33.6. The molecule has 0 bridgehead atoms. The Bertz CT molecular complexity index is 252. The minimum absolute atomic E-state index is 0.134. The third-order valence-electron chi connectivity index (χ3n) is 4.08. The zero-order chi connectivity index (χ0) is 12.1. The SMILES string of the molecule is NCC1CCCCC1C(=O)NCC1CCCO1.